The van der Waals surface area contributed by atoms with E-state index in [-0.39, 0.29) is 5.44 Å². The van der Waals surface area contributed by atoms with Gasteiger partial charge >= 0.3 is 7.68 Å². The molecule has 1 N–H and O–H groups in total. The lowest BCUT2D eigenvalue weighted by Gasteiger charge is -1.83. The van der Waals surface area contributed by atoms with Gasteiger partial charge in [0.2, 0.25) is 0 Å². The summed E-state index contributed by atoms with van der Waals surface area (Å²) in [4.78, 5) is 2.80. The van der Waals surface area contributed by atoms with Crippen molar-refractivity contribution in [1.82, 2.24) is 4.98 Å². The third-order valence-corrected chi connectivity index (χ3v) is 2.35. The maximum Gasteiger partial charge on any atom is 0.365 e. The standard InChI is InChI=1S/C8H6NO2P/c10-12(11)8-5-6-3-1-2-4-7(6)9-8/h1-5,9H. The van der Waals surface area contributed by atoms with E-state index in [0.29, 0.717) is 0 Å². The molecule has 0 saturated carbocycles. The molecule has 0 aliphatic rings. The first kappa shape index (κ1) is 7.32. The Balaban J connectivity index is 2.78. The molecule has 0 aliphatic heterocycles. The van der Waals surface area contributed by atoms with Crippen LogP contribution in [0.25, 0.3) is 10.9 Å². The Hall–Kier alpha value is -1.34. The van der Waals surface area contributed by atoms with Crippen LogP contribution in [0.4, 0.5) is 0 Å². The van der Waals surface area contributed by atoms with Gasteiger partial charge in [-0.3, -0.25) is 0 Å². The molecule has 0 atom stereocenters. The fraction of sp³-hybridized carbons (Fsp3) is 0. The molecule has 1 aromatic carbocycles. The maximum atomic E-state index is 10.6. The summed E-state index contributed by atoms with van der Waals surface area (Å²) in [6, 6.07) is 9.07. The van der Waals surface area contributed by atoms with Gasteiger partial charge in [-0.2, -0.15) is 0 Å². The summed E-state index contributed by atoms with van der Waals surface area (Å²) in [7, 11) is -2.50. The van der Waals surface area contributed by atoms with Gasteiger partial charge in [0.05, 0.1) is 0 Å². The van der Waals surface area contributed by atoms with Gasteiger partial charge in [0.15, 0.2) is 0 Å². The van der Waals surface area contributed by atoms with Crippen LogP contribution in [0.15, 0.2) is 30.3 Å². The van der Waals surface area contributed by atoms with Crippen molar-refractivity contribution in [1.29, 1.82) is 0 Å². The van der Waals surface area contributed by atoms with Crippen LogP contribution in [-0.4, -0.2) is 4.98 Å². The molecule has 2 aromatic rings. The zero-order valence-corrected chi connectivity index (χ0v) is 7.04. The third-order valence-electron chi connectivity index (χ3n) is 1.71. The van der Waals surface area contributed by atoms with Gasteiger partial charge in [0.25, 0.3) is 0 Å². The molecular weight excluding hydrogens is 173 g/mol. The normalized spacial score (nSPS) is 10.3. The van der Waals surface area contributed by atoms with Gasteiger partial charge in [-0.25, -0.2) is 9.13 Å². The molecule has 12 heavy (non-hydrogen) atoms. The Bertz CT molecular complexity index is 444. The molecule has 0 amide bonds. The highest BCUT2D eigenvalue weighted by atomic mass is 31.1. The minimum Gasteiger partial charge on any atom is -0.346 e. The topological polar surface area (TPSA) is 49.9 Å². The average Bonchev–Trinajstić information content (AvgIpc) is 2.46. The first-order valence-electron chi connectivity index (χ1n) is 3.49. The fourth-order valence-corrected chi connectivity index (χ4v) is 1.61. The molecule has 0 unspecified atom stereocenters. The number of nitrogens with one attached hydrogen (secondary N) is 1. The van der Waals surface area contributed by atoms with Crippen LogP contribution < -0.4 is 5.44 Å². The molecule has 1 heterocycles. The Morgan fingerprint density at radius 2 is 1.92 bits per heavy atom. The molecule has 3 nitrogen and oxygen atoms in total. The first-order valence-corrected chi connectivity index (χ1v) is 4.67. The van der Waals surface area contributed by atoms with Crippen molar-refractivity contribution < 1.29 is 9.13 Å². The number of rotatable bonds is 1. The Morgan fingerprint density at radius 1 is 1.17 bits per heavy atom. The highest BCUT2D eigenvalue weighted by Gasteiger charge is 2.02. The Labute approximate surface area is 69.2 Å². The lowest BCUT2D eigenvalue weighted by molar-refractivity contribution is 0.522. The summed E-state index contributed by atoms with van der Waals surface area (Å²) in [5, 5.41) is 0.923. The predicted octanol–water partition coefficient (Wildman–Crippen LogP) is 1.97. The summed E-state index contributed by atoms with van der Waals surface area (Å²) in [6.07, 6.45) is 0. The Kier molecular flexibility index (Phi) is 1.59. The molecule has 0 fully saturated rings. The van der Waals surface area contributed by atoms with Gasteiger partial charge in [-0.05, 0) is 12.1 Å². The predicted molar refractivity (Wildman–Crippen MR) is 46.2 cm³/mol. The lowest BCUT2D eigenvalue weighted by atomic mass is 10.3. The SMILES string of the molecule is O=P(=O)c1cc2ccccc2[nH]1. The smallest absolute Gasteiger partial charge is 0.346 e. The van der Waals surface area contributed by atoms with E-state index >= 15 is 0 Å². The van der Waals surface area contributed by atoms with Crippen LogP contribution >= 0.6 is 7.68 Å². The van der Waals surface area contributed by atoms with Crippen LogP contribution in [0.5, 0.6) is 0 Å². The number of aromatic nitrogens is 1. The number of para-hydroxylation sites is 1. The second-order valence-electron chi connectivity index (χ2n) is 2.50. The summed E-state index contributed by atoms with van der Waals surface area (Å²) in [6.45, 7) is 0. The summed E-state index contributed by atoms with van der Waals surface area (Å²) in [5.74, 6) is 0. The first-order chi connectivity index (χ1) is 5.77. The molecule has 0 aliphatic carbocycles. The van der Waals surface area contributed by atoms with Crippen molar-refractivity contribution in [3.63, 3.8) is 0 Å². The largest absolute Gasteiger partial charge is 0.365 e. The van der Waals surface area contributed by atoms with Crippen molar-refractivity contribution in [2.75, 3.05) is 0 Å². The van der Waals surface area contributed by atoms with E-state index in [1.165, 1.54) is 0 Å². The van der Waals surface area contributed by atoms with Crippen molar-refractivity contribution in [3.05, 3.63) is 30.3 Å². The number of hydrogen-bond donors (Lipinski definition) is 1. The maximum absolute atomic E-state index is 10.6. The van der Waals surface area contributed by atoms with Gasteiger partial charge < -0.3 is 4.98 Å². The minimum absolute atomic E-state index is 0.270. The molecule has 60 valence electrons. The van der Waals surface area contributed by atoms with Crippen LogP contribution in [0.1, 0.15) is 0 Å². The number of benzene rings is 1. The van der Waals surface area contributed by atoms with Gasteiger partial charge in [0.1, 0.15) is 5.44 Å². The zero-order valence-electron chi connectivity index (χ0n) is 6.15. The number of aromatic amines is 1. The zero-order chi connectivity index (χ0) is 8.55. The van der Waals surface area contributed by atoms with E-state index in [4.69, 9.17) is 0 Å². The van der Waals surface area contributed by atoms with Crippen molar-refractivity contribution in [2.24, 2.45) is 0 Å². The molecular formula is C8H6NO2P. The van der Waals surface area contributed by atoms with Crippen LogP contribution in [0.3, 0.4) is 0 Å². The lowest BCUT2D eigenvalue weighted by Crippen LogP contribution is -1.89. The third kappa shape index (κ3) is 1.08. The van der Waals surface area contributed by atoms with E-state index in [9.17, 15) is 9.13 Å². The highest BCUT2D eigenvalue weighted by molar-refractivity contribution is 7.40. The van der Waals surface area contributed by atoms with Crippen molar-refractivity contribution in [3.8, 4) is 0 Å². The van der Waals surface area contributed by atoms with Crippen LogP contribution in [-0.2, 0) is 9.13 Å². The van der Waals surface area contributed by atoms with Gasteiger partial charge in [-0.1, -0.05) is 18.2 Å². The number of fused-ring (bicyclic) bond motifs is 1. The summed E-state index contributed by atoms with van der Waals surface area (Å²) < 4.78 is 21.2. The Morgan fingerprint density at radius 3 is 2.58 bits per heavy atom. The monoisotopic (exact) mass is 179 g/mol. The number of hydrogen-bond acceptors (Lipinski definition) is 2. The van der Waals surface area contributed by atoms with Crippen LogP contribution in [0, 0.1) is 0 Å². The highest BCUT2D eigenvalue weighted by Crippen LogP contribution is 2.13. The number of H-pyrrole nitrogens is 1. The van der Waals surface area contributed by atoms with E-state index in [2.05, 4.69) is 4.98 Å². The van der Waals surface area contributed by atoms with Crippen LogP contribution in [0.2, 0.25) is 0 Å². The van der Waals surface area contributed by atoms with Gasteiger partial charge in [0, 0.05) is 10.9 Å². The van der Waals surface area contributed by atoms with E-state index in [0.717, 1.165) is 10.9 Å². The summed E-state index contributed by atoms with van der Waals surface area (Å²) >= 11 is 0. The molecule has 2 rings (SSSR count). The van der Waals surface area contributed by atoms with Crippen molar-refractivity contribution in [2.45, 2.75) is 0 Å². The molecule has 0 spiro atoms. The second-order valence-corrected chi connectivity index (χ2v) is 3.49. The molecule has 0 bridgehead atoms. The van der Waals surface area contributed by atoms with E-state index < -0.39 is 7.68 Å². The molecule has 1 aromatic heterocycles. The van der Waals surface area contributed by atoms with E-state index in [1.807, 2.05) is 24.3 Å². The van der Waals surface area contributed by atoms with Crippen molar-refractivity contribution >= 4 is 24.0 Å². The average molecular weight is 179 g/mol. The second kappa shape index (κ2) is 2.61. The molecule has 0 saturated heterocycles. The van der Waals surface area contributed by atoms with Gasteiger partial charge in [-0.15, -0.1) is 0 Å². The molecule has 4 heteroatoms. The minimum atomic E-state index is -2.50. The quantitative estimate of drug-likeness (QED) is 0.680. The fourth-order valence-electron chi connectivity index (χ4n) is 1.16. The molecule has 0 radical (unpaired) electrons. The summed E-state index contributed by atoms with van der Waals surface area (Å²) in [5.41, 5.74) is 1.12. The van der Waals surface area contributed by atoms with E-state index in [1.54, 1.807) is 6.07 Å².